The van der Waals surface area contributed by atoms with Gasteiger partial charge in [-0.05, 0) is 48.4 Å². The normalized spacial score (nSPS) is 13.3. The summed E-state index contributed by atoms with van der Waals surface area (Å²) in [6.45, 7) is 1.71. The summed E-state index contributed by atoms with van der Waals surface area (Å²) in [7, 11) is 1.58. The summed E-state index contributed by atoms with van der Waals surface area (Å²) in [5.74, 6) is 0.677. The number of nitriles is 1. The molecule has 2 rings (SSSR count). The predicted octanol–water partition coefficient (Wildman–Crippen LogP) is 3.67. The maximum Gasteiger partial charge on any atom is 0.122 e. The average molecular weight is 302 g/mol. The van der Waals surface area contributed by atoms with Gasteiger partial charge in [-0.3, -0.25) is 0 Å². The fraction of sp³-hybridized carbons (Fsp3) is 0.235. The van der Waals surface area contributed by atoms with Crippen molar-refractivity contribution in [3.8, 4) is 11.8 Å². The standard InChI is InChI=1S/C17H16ClNO2/c1-17(20,14-5-3-4-12(8-14)11-19)10-13-9-15(18)6-7-16(13)21-2/h3-9,20H,10H2,1-2H3. The maximum atomic E-state index is 10.8. The van der Waals surface area contributed by atoms with Gasteiger partial charge in [-0.25, -0.2) is 0 Å². The van der Waals surface area contributed by atoms with Crippen molar-refractivity contribution in [2.24, 2.45) is 0 Å². The zero-order valence-electron chi connectivity index (χ0n) is 11.9. The highest BCUT2D eigenvalue weighted by Crippen LogP contribution is 2.31. The van der Waals surface area contributed by atoms with Crippen molar-refractivity contribution >= 4 is 11.6 Å². The van der Waals surface area contributed by atoms with Crippen molar-refractivity contribution in [3.05, 3.63) is 64.2 Å². The Labute approximate surface area is 129 Å². The Bertz CT molecular complexity index is 689. The van der Waals surface area contributed by atoms with Crippen LogP contribution in [0.3, 0.4) is 0 Å². The van der Waals surface area contributed by atoms with Crippen molar-refractivity contribution in [1.82, 2.24) is 0 Å². The molecule has 21 heavy (non-hydrogen) atoms. The Balaban J connectivity index is 2.37. The largest absolute Gasteiger partial charge is 0.496 e. The van der Waals surface area contributed by atoms with Crippen molar-refractivity contribution < 1.29 is 9.84 Å². The predicted molar refractivity (Wildman–Crippen MR) is 82.4 cm³/mol. The number of hydrogen-bond acceptors (Lipinski definition) is 3. The molecule has 0 saturated heterocycles. The number of benzene rings is 2. The van der Waals surface area contributed by atoms with E-state index in [4.69, 9.17) is 21.6 Å². The first-order chi connectivity index (χ1) is 9.96. The van der Waals surface area contributed by atoms with Crippen molar-refractivity contribution in [1.29, 1.82) is 5.26 Å². The van der Waals surface area contributed by atoms with Crippen LogP contribution < -0.4 is 4.74 Å². The SMILES string of the molecule is COc1ccc(Cl)cc1CC(C)(O)c1cccc(C#N)c1. The molecule has 0 aromatic heterocycles. The van der Waals surface area contributed by atoms with Crippen LogP contribution in [-0.2, 0) is 12.0 Å². The highest BCUT2D eigenvalue weighted by Gasteiger charge is 2.25. The van der Waals surface area contributed by atoms with E-state index in [9.17, 15) is 5.11 Å². The van der Waals surface area contributed by atoms with E-state index in [2.05, 4.69) is 6.07 Å². The summed E-state index contributed by atoms with van der Waals surface area (Å²) in [4.78, 5) is 0. The minimum Gasteiger partial charge on any atom is -0.496 e. The molecule has 1 N–H and O–H groups in total. The van der Waals surface area contributed by atoms with E-state index < -0.39 is 5.60 Å². The van der Waals surface area contributed by atoms with Crippen molar-refractivity contribution in [2.45, 2.75) is 18.9 Å². The molecule has 4 heteroatoms. The lowest BCUT2D eigenvalue weighted by atomic mass is 9.88. The first-order valence-corrected chi connectivity index (χ1v) is 6.89. The lowest BCUT2D eigenvalue weighted by Gasteiger charge is -2.25. The zero-order chi connectivity index (χ0) is 15.5. The van der Waals surface area contributed by atoms with E-state index in [1.807, 2.05) is 0 Å². The first kappa shape index (κ1) is 15.4. The molecule has 0 amide bonds. The van der Waals surface area contributed by atoms with Gasteiger partial charge in [-0.1, -0.05) is 23.7 Å². The number of methoxy groups -OCH3 is 1. The Morgan fingerprint density at radius 3 is 2.71 bits per heavy atom. The van der Waals surface area contributed by atoms with Crippen LogP contribution in [0.5, 0.6) is 5.75 Å². The second-order valence-electron chi connectivity index (χ2n) is 5.10. The van der Waals surface area contributed by atoms with Gasteiger partial charge >= 0.3 is 0 Å². The van der Waals surface area contributed by atoms with Crippen molar-refractivity contribution in [2.75, 3.05) is 7.11 Å². The number of hydrogen-bond donors (Lipinski definition) is 1. The van der Waals surface area contributed by atoms with E-state index in [0.717, 1.165) is 5.56 Å². The molecule has 0 saturated carbocycles. The number of ether oxygens (including phenoxy) is 1. The van der Waals surface area contributed by atoms with Crippen LogP contribution in [-0.4, -0.2) is 12.2 Å². The molecule has 0 bridgehead atoms. The second-order valence-corrected chi connectivity index (χ2v) is 5.54. The van der Waals surface area contributed by atoms with Crippen molar-refractivity contribution in [3.63, 3.8) is 0 Å². The van der Waals surface area contributed by atoms with Crippen LogP contribution in [0, 0.1) is 11.3 Å². The number of nitrogens with zero attached hydrogens (tertiary/aromatic N) is 1. The third kappa shape index (κ3) is 3.55. The summed E-state index contributed by atoms with van der Waals surface area (Å²) in [5.41, 5.74) is 0.900. The molecule has 108 valence electrons. The molecule has 0 radical (unpaired) electrons. The first-order valence-electron chi connectivity index (χ1n) is 6.52. The summed E-state index contributed by atoms with van der Waals surface area (Å²) < 4.78 is 5.30. The number of rotatable bonds is 4. The zero-order valence-corrected chi connectivity index (χ0v) is 12.7. The Morgan fingerprint density at radius 2 is 2.05 bits per heavy atom. The Morgan fingerprint density at radius 1 is 1.29 bits per heavy atom. The smallest absolute Gasteiger partial charge is 0.122 e. The van der Waals surface area contributed by atoms with Gasteiger partial charge in [0.2, 0.25) is 0 Å². The molecule has 0 fully saturated rings. The van der Waals surface area contributed by atoms with Gasteiger partial charge in [0, 0.05) is 11.4 Å². The Kier molecular flexibility index (Phi) is 4.52. The van der Waals surface area contributed by atoms with Gasteiger partial charge in [0.25, 0.3) is 0 Å². The van der Waals surface area contributed by atoms with E-state index >= 15 is 0 Å². The van der Waals surface area contributed by atoms with Crippen LogP contribution in [0.25, 0.3) is 0 Å². The van der Waals surface area contributed by atoms with Crippen LogP contribution >= 0.6 is 11.6 Å². The van der Waals surface area contributed by atoms with Gasteiger partial charge in [-0.15, -0.1) is 0 Å². The fourth-order valence-electron chi connectivity index (χ4n) is 2.28. The second kappa shape index (κ2) is 6.17. The average Bonchev–Trinajstić information content (AvgIpc) is 2.47. The third-order valence-corrected chi connectivity index (χ3v) is 3.63. The van der Waals surface area contributed by atoms with Crippen LogP contribution in [0.4, 0.5) is 0 Å². The molecule has 1 unspecified atom stereocenters. The molecule has 0 aliphatic carbocycles. The molecule has 3 nitrogen and oxygen atoms in total. The molecular weight excluding hydrogens is 286 g/mol. The lowest BCUT2D eigenvalue weighted by molar-refractivity contribution is 0.0569. The van der Waals surface area contributed by atoms with Crippen LogP contribution in [0.1, 0.15) is 23.6 Å². The Hall–Kier alpha value is -2.02. The minimum absolute atomic E-state index is 0.339. The summed E-state index contributed by atoms with van der Waals surface area (Å²) in [6.07, 6.45) is 0.339. The van der Waals surface area contributed by atoms with E-state index in [-0.39, 0.29) is 0 Å². The highest BCUT2D eigenvalue weighted by molar-refractivity contribution is 6.30. The molecule has 2 aromatic rings. The lowest BCUT2D eigenvalue weighted by Crippen LogP contribution is -2.24. The van der Waals surface area contributed by atoms with Gasteiger partial charge in [0.15, 0.2) is 0 Å². The summed E-state index contributed by atoms with van der Waals surface area (Å²) in [5, 5.41) is 20.3. The molecule has 0 aliphatic heterocycles. The topological polar surface area (TPSA) is 53.2 Å². The quantitative estimate of drug-likeness (QED) is 0.937. The fourth-order valence-corrected chi connectivity index (χ4v) is 2.48. The highest BCUT2D eigenvalue weighted by atomic mass is 35.5. The van der Waals surface area contributed by atoms with Gasteiger partial charge in [0.05, 0.1) is 24.3 Å². The molecular formula is C17H16ClNO2. The molecule has 0 aliphatic rings. The molecule has 0 spiro atoms. The molecule has 1 atom stereocenters. The van der Waals surface area contributed by atoms with Gasteiger partial charge in [0.1, 0.15) is 5.75 Å². The van der Waals surface area contributed by atoms with Gasteiger partial charge in [-0.2, -0.15) is 5.26 Å². The monoisotopic (exact) mass is 301 g/mol. The van der Waals surface area contributed by atoms with Crippen LogP contribution in [0.15, 0.2) is 42.5 Å². The maximum absolute atomic E-state index is 10.8. The van der Waals surface area contributed by atoms with Gasteiger partial charge < -0.3 is 9.84 Å². The van der Waals surface area contributed by atoms with E-state index in [1.54, 1.807) is 56.5 Å². The number of halogens is 1. The molecule has 0 heterocycles. The molecule has 2 aromatic carbocycles. The summed E-state index contributed by atoms with van der Waals surface area (Å²) in [6, 6.07) is 14.3. The number of aliphatic hydroxyl groups is 1. The minimum atomic E-state index is -1.12. The van der Waals surface area contributed by atoms with E-state index in [0.29, 0.717) is 28.3 Å². The third-order valence-electron chi connectivity index (χ3n) is 3.39. The summed E-state index contributed by atoms with van der Waals surface area (Å²) >= 11 is 6.02. The van der Waals surface area contributed by atoms with E-state index in [1.165, 1.54) is 0 Å². The van der Waals surface area contributed by atoms with Crippen LogP contribution in [0.2, 0.25) is 5.02 Å².